The number of nitrogens with zero attached hydrogens (tertiary/aromatic N) is 3. The number of rotatable bonds is 5. The number of nitrogen functional groups attached to an aromatic ring is 1. The van der Waals surface area contributed by atoms with Gasteiger partial charge in [-0.15, -0.1) is 0 Å². The zero-order valence-corrected chi connectivity index (χ0v) is 18.9. The van der Waals surface area contributed by atoms with Crippen LogP contribution in [0.5, 0.6) is 5.75 Å². The standard InChI is InChI=1S/C21H23ClFN5O.C2H6/c1-13-2-3-18(23)20(22)17(13)12-29-19-8-14(9-26-21(19)24)15-10-27-28(11-15)16-4-6-25-7-5-16;1-2/h2-3,8-11,16,25H,4-7,12H2,1H3,(H2,24,26);1-2H3. The normalized spacial score (nSPS) is 14.1. The van der Waals surface area contributed by atoms with Gasteiger partial charge >= 0.3 is 0 Å². The van der Waals surface area contributed by atoms with Crippen molar-refractivity contribution >= 4 is 17.4 Å². The molecule has 3 heterocycles. The highest BCUT2D eigenvalue weighted by Gasteiger charge is 2.17. The van der Waals surface area contributed by atoms with Crippen LogP contribution < -0.4 is 15.8 Å². The van der Waals surface area contributed by atoms with Gasteiger partial charge in [0, 0.05) is 29.1 Å². The number of nitrogens with two attached hydrogens (primary N) is 1. The fourth-order valence-electron chi connectivity index (χ4n) is 3.50. The molecule has 0 radical (unpaired) electrons. The molecule has 0 unspecified atom stereocenters. The number of aromatic nitrogens is 3. The van der Waals surface area contributed by atoms with E-state index in [2.05, 4.69) is 15.4 Å². The molecule has 166 valence electrons. The van der Waals surface area contributed by atoms with E-state index in [0.717, 1.165) is 42.6 Å². The van der Waals surface area contributed by atoms with E-state index >= 15 is 0 Å². The highest BCUT2D eigenvalue weighted by atomic mass is 35.5. The molecule has 4 rings (SSSR count). The predicted molar refractivity (Wildman–Crippen MR) is 123 cm³/mol. The van der Waals surface area contributed by atoms with Crippen LogP contribution in [0.3, 0.4) is 0 Å². The highest BCUT2D eigenvalue weighted by Crippen LogP contribution is 2.30. The second-order valence-corrected chi connectivity index (χ2v) is 7.62. The molecule has 0 spiro atoms. The monoisotopic (exact) mass is 445 g/mol. The minimum Gasteiger partial charge on any atom is -0.485 e. The first-order chi connectivity index (χ1) is 15.0. The number of anilines is 1. The fourth-order valence-corrected chi connectivity index (χ4v) is 3.77. The molecular formula is C23H29ClFN5O. The molecule has 1 aromatic carbocycles. The van der Waals surface area contributed by atoms with Gasteiger partial charge in [0.1, 0.15) is 12.4 Å². The van der Waals surface area contributed by atoms with Gasteiger partial charge in [0.05, 0.1) is 17.3 Å². The van der Waals surface area contributed by atoms with E-state index in [0.29, 0.717) is 17.4 Å². The van der Waals surface area contributed by atoms with Crippen LogP contribution in [-0.4, -0.2) is 27.9 Å². The molecule has 0 amide bonds. The Kier molecular flexibility index (Phi) is 7.87. The molecule has 0 aliphatic carbocycles. The lowest BCUT2D eigenvalue weighted by Gasteiger charge is -2.22. The number of hydrogen-bond donors (Lipinski definition) is 2. The van der Waals surface area contributed by atoms with Crippen LogP contribution in [0.2, 0.25) is 5.02 Å². The number of halogens is 2. The molecule has 6 nitrogen and oxygen atoms in total. The first-order valence-electron chi connectivity index (χ1n) is 10.6. The van der Waals surface area contributed by atoms with Crippen LogP contribution >= 0.6 is 11.6 Å². The van der Waals surface area contributed by atoms with Crippen molar-refractivity contribution in [1.29, 1.82) is 0 Å². The summed E-state index contributed by atoms with van der Waals surface area (Å²) in [6.45, 7) is 7.97. The maximum Gasteiger partial charge on any atom is 0.166 e. The van der Waals surface area contributed by atoms with E-state index in [9.17, 15) is 4.39 Å². The number of pyridine rings is 1. The number of aryl methyl sites for hydroxylation is 1. The van der Waals surface area contributed by atoms with Crippen LogP contribution in [0, 0.1) is 12.7 Å². The van der Waals surface area contributed by atoms with Gasteiger partial charge in [-0.25, -0.2) is 9.37 Å². The third-order valence-corrected chi connectivity index (χ3v) is 5.71. The molecule has 0 bridgehead atoms. The van der Waals surface area contributed by atoms with Gasteiger partial charge in [-0.3, -0.25) is 4.68 Å². The summed E-state index contributed by atoms with van der Waals surface area (Å²) in [5, 5.41) is 7.95. The van der Waals surface area contributed by atoms with Crippen LogP contribution in [0.15, 0.2) is 36.8 Å². The zero-order chi connectivity index (χ0) is 22.4. The van der Waals surface area contributed by atoms with Gasteiger partial charge in [0.15, 0.2) is 11.6 Å². The number of hydrogen-bond acceptors (Lipinski definition) is 5. The van der Waals surface area contributed by atoms with Crippen LogP contribution in [0.1, 0.15) is 43.9 Å². The van der Waals surface area contributed by atoms with Gasteiger partial charge in [-0.1, -0.05) is 31.5 Å². The smallest absolute Gasteiger partial charge is 0.166 e. The van der Waals surface area contributed by atoms with Crippen molar-refractivity contribution in [3.05, 3.63) is 58.8 Å². The summed E-state index contributed by atoms with van der Waals surface area (Å²) in [5.41, 5.74) is 9.23. The number of piperidine rings is 1. The first-order valence-corrected chi connectivity index (χ1v) is 11.0. The molecule has 3 N–H and O–H groups in total. The lowest BCUT2D eigenvalue weighted by Crippen LogP contribution is -2.29. The van der Waals surface area contributed by atoms with Gasteiger partial charge in [-0.05, 0) is 50.6 Å². The summed E-state index contributed by atoms with van der Waals surface area (Å²) in [7, 11) is 0. The van der Waals surface area contributed by atoms with E-state index in [1.165, 1.54) is 6.07 Å². The SMILES string of the molecule is CC.Cc1ccc(F)c(Cl)c1COc1cc(-c2cnn(C3CCNCC3)c2)cnc1N. The Morgan fingerprint density at radius 3 is 2.71 bits per heavy atom. The van der Waals surface area contributed by atoms with Crippen molar-refractivity contribution in [1.82, 2.24) is 20.1 Å². The maximum absolute atomic E-state index is 13.8. The zero-order valence-electron chi connectivity index (χ0n) is 18.2. The molecule has 2 aromatic heterocycles. The predicted octanol–water partition coefficient (Wildman–Crippen LogP) is 5.16. The average molecular weight is 446 g/mol. The van der Waals surface area contributed by atoms with Gasteiger partial charge in [-0.2, -0.15) is 5.10 Å². The maximum atomic E-state index is 13.8. The fraction of sp³-hybridized carbons (Fsp3) is 0.391. The van der Waals surface area contributed by atoms with E-state index in [-0.39, 0.29) is 17.4 Å². The van der Waals surface area contributed by atoms with E-state index in [4.69, 9.17) is 22.1 Å². The Morgan fingerprint density at radius 1 is 1.23 bits per heavy atom. The van der Waals surface area contributed by atoms with Crippen molar-refractivity contribution in [3.8, 4) is 16.9 Å². The van der Waals surface area contributed by atoms with E-state index < -0.39 is 5.82 Å². The Hall–Kier alpha value is -2.64. The van der Waals surface area contributed by atoms with Crippen molar-refractivity contribution in [2.45, 2.75) is 46.3 Å². The van der Waals surface area contributed by atoms with Crippen LogP contribution in [-0.2, 0) is 6.61 Å². The molecule has 3 aromatic rings. The summed E-state index contributed by atoms with van der Waals surface area (Å²) < 4.78 is 21.6. The second-order valence-electron chi connectivity index (χ2n) is 7.24. The van der Waals surface area contributed by atoms with Crippen molar-refractivity contribution in [2.75, 3.05) is 18.8 Å². The molecule has 0 saturated carbocycles. The largest absolute Gasteiger partial charge is 0.485 e. The summed E-state index contributed by atoms with van der Waals surface area (Å²) in [4.78, 5) is 4.25. The van der Waals surface area contributed by atoms with Crippen molar-refractivity contribution in [3.63, 3.8) is 0 Å². The van der Waals surface area contributed by atoms with Crippen LogP contribution in [0.4, 0.5) is 10.2 Å². The van der Waals surface area contributed by atoms with E-state index in [1.807, 2.05) is 43.9 Å². The average Bonchev–Trinajstić information content (AvgIpc) is 3.30. The molecule has 0 atom stereocenters. The molecule has 8 heteroatoms. The summed E-state index contributed by atoms with van der Waals surface area (Å²) in [6, 6.07) is 5.25. The second kappa shape index (κ2) is 10.6. The summed E-state index contributed by atoms with van der Waals surface area (Å²) in [5.74, 6) is 0.225. The Balaban J connectivity index is 0.00000132. The first kappa shape index (κ1) is 23.0. The minimum atomic E-state index is -0.471. The molecule has 1 saturated heterocycles. The quantitative estimate of drug-likeness (QED) is 0.567. The highest BCUT2D eigenvalue weighted by molar-refractivity contribution is 6.31. The Morgan fingerprint density at radius 2 is 1.97 bits per heavy atom. The molecule has 1 fully saturated rings. The molecule has 31 heavy (non-hydrogen) atoms. The molecular weight excluding hydrogens is 417 g/mol. The Bertz CT molecular complexity index is 1020. The van der Waals surface area contributed by atoms with Gasteiger partial charge < -0.3 is 15.8 Å². The van der Waals surface area contributed by atoms with Crippen molar-refractivity contribution < 1.29 is 9.13 Å². The van der Waals surface area contributed by atoms with Crippen molar-refractivity contribution in [2.24, 2.45) is 0 Å². The molecule has 1 aliphatic heterocycles. The van der Waals surface area contributed by atoms with E-state index in [1.54, 1.807) is 12.3 Å². The van der Waals surface area contributed by atoms with Gasteiger partial charge in [0.2, 0.25) is 0 Å². The topological polar surface area (TPSA) is 78.0 Å². The Labute approximate surface area is 187 Å². The summed E-state index contributed by atoms with van der Waals surface area (Å²) >= 11 is 6.09. The van der Waals surface area contributed by atoms with Crippen LogP contribution in [0.25, 0.3) is 11.1 Å². The lowest BCUT2D eigenvalue weighted by atomic mass is 10.1. The third-order valence-electron chi connectivity index (χ3n) is 5.30. The third kappa shape index (κ3) is 5.35. The number of benzene rings is 1. The number of nitrogens with one attached hydrogen (secondary N) is 1. The van der Waals surface area contributed by atoms with Gasteiger partial charge in [0.25, 0.3) is 0 Å². The molecule has 1 aliphatic rings. The number of ether oxygens (including phenoxy) is 1. The minimum absolute atomic E-state index is 0.0657. The summed E-state index contributed by atoms with van der Waals surface area (Å²) in [6.07, 6.45) is 7.67. The lowest BCUT2D eigenvalue weighted by molar-refractivity contribution is 0.305.